The number of halogens is 3. The highest BCUT2D eigenvalue weighted by molar-refractivity contribution is 6.21. The van der Waals surface area contributed by atoms with Gasteiger partial charge in [-0.2, -0.15) is 13.2 Å². The number of carbonyl (C=O) groups is 3. The summed E-state index contributed by atoms with van der Waals surface area (Å²) in [6.07, 6.45) is -4.49. The van der Waals surface area contributed by atoms with Gasteiger partial charge < -0.3 is 5.32 Å². The summed E-state index contributed by atoms with van der Waals surface area (Å²) in [5.41, 5.74) is 1.30. The van der Waals surface area contributed by atoms with E-state index < -0.39 is 30.4 Å². The highest BCUT2D eigenvalue weighted by atomic mass is 19.4. The average molecular weight is 362 g/mol. The van der Waals surface area contributed by atoms with E-state index >= 15 is 0 Å². The zero-order valence-electron chi connectivity index (χ0n) is 13.3. The van der Waals surface area contributed by atoms with Gasteiger partial charge in [0, 0.05) is 5.56 Å². The minimum Gasteiger partial charge on any atom is -0.343 e. The maximum Gasteiger partial charge on any atom is 0.405 e. The monoisotopic (exact) mass is 362 g/mol. The first kappa shape index (κ1) is 17.7. The van der Waals surface area contributed by atoms with Crippen LogP contribution >= 0.6 is 0 Å². The predicted molar refractivity (Wildman–Crippen MR) is 85.5 cm³/mol. The summed E-state index contributed by atoms with van der Waals surface area (Å²) in [5, 5.41) is 1.77. The maximum absolute atomic E-state index is 12.3. The Labute approximate surface area is 146 Å². The van der Waals surface area contributed by atoms with Crippen LogP contribution < -0.4 is 5.32 Å². The highest BCUT2D eigenvalue weighted by Crippen LogP contribution is 2.24. The minimum atomic E-state index is -4.49. The molecule has 1 N–H and O–H groups in total. The zero-order valence-corrected chi connectivity index (χ0v) is 13.3. The molecule has 8 heteroatoms. The van der Waals surface area contributed by atoms with Crippen molar-refractivity contribution in [3.63, 3.8) is 0 Å². The van der Waals surface area contributed by atoms with Crippen molar-refractivity contribution < 1.29 is 27.6 Å². The third-order valence-electron chi connectivity index (χ3n) is 3.88. The van der Waals surface area contributed by atoms with Crippen molar-refractivity contribution >= 4 is 17.7 Å². The Morgan fingerprint density at radius 1 is 0.923 bits per heavy atom. The van der Waals surface area contributed by atoms with E-state index in [9.17, 15) is 27.6 Å². The lowest BCUT2D eigenvalue weighted by molar-refractivity contribution is -0.123. The maximum atomic E-state index is 12.3. The molecule has 26 heavy (non-hydrogen) atoms. The first-order chi connectivity index (χ1) is 12.3. The highest BCUT2D eigenvalue weighted by Gasteiger charge is 2.35. The quantitative estimate of drug-likeness (QED) is 0.851. The molecule has 0 aliphatic carbocycles. The van der Waals surface area contributed by atoms with Gasteiger partial charge >= 0.3 is 6.18 Å². The molecule has 1 aliphatic heterocycles. The lowest BCUT2D eigenvalue weighted by atomic mass is 10.1. The molecule has 3 rings (SSSR count). The molecular weight excluding hydrogens is 349 g/mol. The van der Waals surface area contributed by atoms with E-state index in [1.54, 1.807) is 29.6 Å². The van der Waals surface area contributed by atoms with Crippen molar-refractivity contribution in [3.8, 4) is 0 Å². The van der Waals surface area contributed by atoms with Crippen LogP contribution in [0, 0.1) is 0 Å². The van der Waals surface area contributed by atoms with Crippen LogP contribution in [0.4, 0.5) is 13.2 Å². The molecule has 0 saturated carbocycles. The largest absolute Gasteiger partial charge is 0.405 e. The van der Waals surface area contributed by atoms with E-state index in [-0.39, 0.29) is 12.1 Å². The van der Waals surface area contributed by atoms with Crippen molar-refractivity contribution in [1.29, 1.82) is 0 Å². The van der Waals surface area contributed by atoms with E-state index in [0.29, 0.717) is 16.7 Å². The number of amides is 3. The van der Waals surface area contributed by atoms with Gasteiger partial charge in [0.1, 0.15) is 6.54 Å². The number of hydrogen-bond donors (Lipinski definition) is 1. The summed E-state index contributed by atoms with van der Waals surface area (Å²) < 4.78 is 36.4. The summed E-state index contributed by atoms with van der Waals surface area (Å²) in [5.74, 6) is -1.66. The first-order valence-corrected chi connectivity index (χ1v) is 7.65. The predicted octanol–water partition coefficient (Wildman–Crippen LogP) is 2.77. The van der Waals surface area contributed by atoms with Crippen LogP contribution in [-0.2, 0) is 6.54 Å². The number of nitrogens with one attached hydrogen (secondary N) is 1. The SMILES string of the molecule is O=C(NCC(F)(F)F)c1ccc(CN2C(=O)c3ccccc3C2=O)cc1. The Kier molecular flexibility index (Phi) is 4.50. The summed E-state index contributed by atoms with van der Waals surface area (Å²) in [6.45, 7) is -1.40. The van der Waals surface area contributed by atoms with Crippen molar-refractivity contribution in [2.45, 2.75) is 12.7 Å². The number of fused-ring (bicyclic) bond motifs is 1. The fourth-order valence-electron chi connectivity index (χ4n) is 2.61. The summed E-state index contributed by atoms with van der Waals surface area (Å²) in [7, 11) is 0. The molecule has 0 bridgehead atoms. The number of carbonyl (C=O) groups excluding carboxylic acids is 3. The number of imide groups is 1. The topological polar surface area (TPSA) is 66.5 Å². The molecule has 0 atom stereocenters. The fraction of sp³-hybridized carbons (Fsp3) is 0.167. The minimum absolute atomic E-state index is 0.0107. The van der Waals surface area contributed by atoms with Crippen molar-refractivity contribution in [3.05, 3.63) is 70.8 Å². The van der Waals surface area contributed by atoms with E-state index in [1.807, 2.05) is 0 Å². The molecule has 1 aliphatic rings. The molecule has 0 spiro atoms. The second-order valence-corrected chi connectivity index (χ2v) is 5.74. The second-order valence-electron chi connectivity index (χ2n) is 5.74. The van der Waals surface area contributed by atoms with Gasteiger partial charge in [-0.3, -0.25) is 19.3 Å². The van der Waals surface area contributed by atoms with Crippen LogP contribution in [0.15, 0.2) is 48.5 Å². The Bertz CT molecular complexity index is 841. The number of benzene rings is 2. The number of alkyl halides is 3. The van der Waals surface area contributed by atoms with Gasteiger partial charge in [-0.05, 0) is 29.8 Å². The molecule has 0 unspecified atom stereocenters. The summed E-state index contributed by atoms with van der Waals surface area (Å²) >= 11 is 0. The molecule has 1 heterocycles. The second kappa shape index (κ2) is 6.62. The van der Waals surface area contributed by atoms with Gasteiger partial charge in [-0.25, -0.2) is 0 Å². The Morgan fingerprint density at radius 3 is 1.96 bits per heavy atom. The molecule has 0 aromatic heterocycles. The van der Waals surface area contributed by atoms with Crippen LogP contribution in [0.25, 0.3) is 0 Å². The molecule has 0 fully saturated rings. The molecule has 5 nitrogen and oxygen atoms in total. The summed E-state index contributed by atoms with van der Waals surface area (Å²) in [6, 6.07) is 12.2. The van der Waals surface area contributed by atoms with Crippen LogP contribution in [0.3, 0.4) is 0 Å². The van der Waals surface area contributed by atoms with E-state index in [2.05, 4.69) is 0 Å². The molecular formula is C18H13F3N2O3. The normalized spacial score (nSPS) is 13.7. The van der Waals surface area contributed by atoms with Crippen molar-refractivity contribution in [2.24, 2.45) is 0 Å². The smallest absolute Gasteiger partial charge is 0.343 e. The molecule has 0 saturated heterocycles. The lowest BCUT2D eigenvalue weighted by Crippen LogP contribution is -2.33. The Morgan fingerprint density at radius 2 is 1.46 bits per heavy atom. The first-order valence-electron chi connectivity index (χ1n) is 7.65. The summed E-state index contributed by atoms with van der Waals surface area (Å²) in [4.78, 5) is 37.4. The van der Waals surface area contributed by atoms with Crippen LogP contribution in [0.1, 0.15) is 36.6 Å². The number of rotatable bonds is 4. The van der Waals surface area contributed by atoms with Gasteiger partial charge in [0.05, 0.1) is 17.7 Å². The van der Waals surface area contributed by atoms with E-state index in [0.717, 1.165) is 4.90 Å². The number of nitrogens with zero attached hydrogens (tertiary/aromatic N) is 1. The Balaban J connectivity index is 1.68. The number of hydrogen-bond acceptors (Lipinski definition) is 3. The van der Waals surface area contributed by atoms with E-state index in [4.69, 9.17) is 0 Å². The van der Waals surface area contributed by atoms with Gasteiger partial charge in [0.15, 0.2) is 0 Å². The molecule has 2 aromatic carbocycles. The zero-order chi connectivity index (χ0) is 18.9. The molecule has 3 amide bonds. The third kappa shape index (κ3) is 3.58. The lowest BCUT2D eigenvalue weighted by Gasteiger charge is -2.14. The van der Waals surface area contributed by atoms with Crippen LogP contribution in [-0.4, -0.2) is 35.3 Å². The Hall–Kier alpha value is -3.16. The van der Waals surface area contributed by atoms with Gasteiger partial charge in [0.2, 0.25) is 0 Å². The van der Waals surface area contributed by atoms with E-state index in [1.165, 1.54) is 24.3 Å². The van der Waals surface area contributed by atoms with Gasteiger partial charge in [-0.15, -0.1) is 0 Å². The van der Waals surface area contributed by atoms with Crippen molar-refractivity contribution in [1.82, 2.24) is 10.2 Å². The van der Waals surface area contributed by atoms with Crippen LogP contribution in [0.2, 0.25) is 0 Å². The van der Waals surface area contributed by atoms with Gasteiger partial charge in [0.25, 0.3) is 17.7 Å². The fourth-order valence-corrected chi connectivity index (χ4v) is 2.61. The van der Waals surface area contributed by atoms with Crippen molar-refractivity contribution in [2.75, 3.05) is 6.54 Å². The standard InChI is InChI=1S/C18H13F3N2O3/c19-18(20,21)10-22-15(24)12-7-5-11(6-8-12)9-23-16(25)13-3-1-2-4-14(13)17(23)26/h1-8H,9-10H2,(H,22,24). The van der Waals surface area contributed by atoms with Gasteiger partial charge in [-0.1, -0.05) is 24.3 Å². The third-order valence-corrected chi connectivity index (χ3v) is 3.88. The van der Waals surface area contributed by atoms with Crippen LogP contribution in [0.5, 0.6) is 0 Å². The molecule has 2 aromatic rings. The average Bonchev–Trinajstić information content (AvgIpc) is 2.85. The molecule has 134 valence electrons. The molecule has 0 radical (unpaired) electrons.